The predicted octanol–water partition coefficient (Wildman–Crippen LogP) is 0.861. The first-order valence-electron chi connectivity index (χ1n) is 7.92. The third-order valence-electron chi connectivity index (χ3n) is 4.36. The van der Waals surface area contributed by atoms with Gasteiger partial charge in [0.05, 0.1) is 18.8 Å². The van der Waals surface area contributed by atoms with Crippen LogP contribution < -0.4 is 0 Å². The van der Waals surface area contributed by atoms with Gasteiger partial charge in [-0.1, -0.05) is 19.3 Å². The summed E-state index contributed by atoms with van der Waals surface area (Å²) in [6, 6.07) is 0. The van der Waals surface area contributed by atoms with E-state index >= 15 is 0 Å². The number of amides is 1. The Hall–Kier alpha value is -0.650. The molecular formula is C15H28N2O3. The van der Waals surface area contributed by atoms with Crippen molar-refractivity contribution in [2.24, 2.45) is 0 Å². The zero-order valence-corrected chi connectivity index (χ0v) is 12.6. The van der Waals surface area contributed by atoms with Gasteiger partial charge in [0.15, 0.2) is 0 Å². The number of β-amino-alcohol motifs (C(OH)–C–C–N with tert-alkyl or cyclic N) is 1. The van der Waals surface area contributed by atoms with Crippen LogP contribution in [0.3, 0.4) is 0 Å². The smallest absolute Gasteiger partial charge is 0.219 e. The van der Waals surface area contributed by atoms with Crippen LogP contribution in [0.25, 0.3) is 0 Å². The Morgan fingerprint density at radius 3 is 2.45 bits per heavy atom. The van der Waals surface area contributed by atoms with Crippen molar-refractivity contribution < 1.29 is 14.6 Å². The number of nitrogens with zero attached hydrogens (tertiary/aromatic N) is 2. The number of carbonyl (C=O) groups is 1. The highest BCUT2D eigenvalue weighted by atomic mass is 16.5. The van der Waals surface area contributed by atoms with Gasteiger partial charge in [-0.2, -0.15) is 0 Å². The molecule has 2 aliphatic rings. The standard InChI is InChI=1S/C15H28N2O3/c1-13(18)17-9-7-16(8-10-17)11-14(19)12-20-15-5-3-2-4-6-15/h14-15,19H,2-12H2,1H3/t14-/m0/s1. The zero-order chi connectivity index (χ0) is 14.4. The van der Waals surface area contributed by atoms with E-state index in [4.69, 9.17) is 4.74 Å². The molecule has 116 valence electrons. The highest BCUT2D eigenvalue weighted by Gasteiger charge is 2.21. The number of aliphatic hydroxyl groups is 1. The summed E-state index contributed by atoms with van der Waals surface area (Å²) in [7, 11) is 0. The van der Waals surface area contributed by atoms with Gasteiger partial charge in [0.1, 0.15) is 0 Å². The van der Waals surface area contributed by atoms with E-state index < -0.39 is 6.10 Å². The maximum absolute atomic E-state index is 11.2. The lowest BCUT2D eigenvalue weighted by Crippen LogP contribution is -2.50. The molecule has 1 heterocycles. The molecule has 5 heteroatoms. The van der Waals surface area contributed by atoms with E-state index in [2.05, 4.69) is 4.90 Å². The minimum atomic E-state index is -0.416. The second kappa shape index (κ2) is 7.96. The summed E-state index contributed by atoms with van der Waals surface area (Å²) in [5.41, 5.74) is 0. The van der Waals surface area contributed by atoms with E-state index in [-0.39, 0.29) is 5.91 Å². The van der Waals surface area contributed by atoms with Crippen molar-refractivity contribution in [3.05, 3.63) is 0 Å². The molecule has 1 aliphatic carbocycles. The highest BCUT2D eigenvalue weighted by Crippen LogP contribution is 2.20. The van der Waals surface area contributed by atoms with Crippen molar-refractivity contribution >= 4 is 5.91 Å². The van der Waals surface area contributed by atoms with E-state index in [9.17, 15) is 9.90 Å². The number of aliphatic hydroxyl groups excluding tert-OH is 1. The normalized spacial score (nSPS) is 23.8. The molecule has 1 aliphatic heterocycles. The average Bonchev–Trinajstić information content (AvgIpc) is 2.47. The molecular weight excluding hydrogens is 256 g/mol. The van der Waals surface area contributed by atoms with Crippen LogP contribution in [0, 0.1) is 0 Å². The number of hydrogen-bond acceptors (Lipinski definition) is 4. The van der Waals surface area contributed by atoms with Crippen molar-refractivity contribution in [2.75, 3.05) is 39.3 Å². The largest absolute Gasteiger partial charge is 0.389 e. The molecule has 0 bridgehead atoms. The summed E-state index contributed by atoms with van der Waals surface area (Å²) in [6.45, 7) is 5.94. The summed E-state index contributed by atoms with van der Waals surface area (Å²) in [4.78, 5) is 15.3. The lowest BCUT2D eigenvalue weighted by molar-refractivity contribution is -0.130. The fourth-order valence-corrected chi connectivity index (χ4v) is 3.08. The molecule has 2 fully saturated rings. The SMILES string of the molecule is CC(=O)N1CCN(C[C@H](O)COC2CCCCC2)CC1. The Morgan fingerprint density at radius 2 is 1.85 bits per heavy atom. The molecule has 20 heavy (non-hydrogen) atoms. The number of piperazine rings is 1. The second-order valence-corrected chi connectivity index (χ2v) is 6.05. The van der Waals surface area contributed by atoms with Crippen molar-refractivity contribution in [1.82, 2.24) is 9.80 Å². The molecule has 1 saturated heterocycles. The van der Waals surface area contributed by atoms with Crippen LogP contribution in [-0.2, 0) is 9.53 Å². The lowest BCUT2D eigenvalue weighted by atomic mass is 9.98. The Labute approximate surface area is 121 Å². The molecule has 0 aromatic rings. The van der Waals surface area contributed by atoms with Crippen LogP contribution in [0.5, 0.6) is 0 Å². The molecule has 0 aromatic carbocycles. The van der Waals surface area contributed by atoms with Crippen LogP contribution >= 0.6 is 0 Å². The fourth-order valence-electron chi connectivity index (χ4n) is 3.08. The molecule has 1 N–H and O–H groups in total. The van der Waals surface area contributed by atoms with Crippen LogP contribution in [-0.4, -0.2) is 72.4 Å². The first kappa shape index (κ1) is 15.7. The van der Waals surface area contributed by atoms with E-state index in [1.807, 2.05) is 4.90 Å². The maximum atomic E-state index is 11.2. The number of carbonyl (C=O) groups excluding carboxylic acids is 1. The van der Waals surface area contributed by atoms with Crippen LogP contribution in [0.4, 0.5) is 0 Å². The van der Waals surface area contributed by atoms with Crippen LogP contribution in [0.15, 0.2) is 0 Å². The predicted molar refractivity (Wildman–Crippen MR) is 77.5 cm³/mol. The van der Waals surface area contributed by atoms with Gasteiger partial charge in [-0.25, -0.2) is 0 Å². The summed E-state index contributed by atoms with van der Waals surface area (Å²) < 4.78 is 5.80. The van der Waals surface area contributed by atoms with E-state index in [1.165, 1.54) is 19.3 Å². The summed E-state index contributed by atoms with van der Waals surface area (Å²) >= 11 is 0. The molecule has 1 amide bonds. The van der Waals surface area contributed by atoms with Gasteiger partial charge in [-0.15, -0.1) is 0 Å². The zero-order valence-electron chi connectivity index (χ0n) is 12.6. The number of rotatable bonds is 5. The van der Waals surface area contributed by atoms with Gasteiger partial charge in [-0.3, -0.25) is 9.69 Å². The third-order valence-corrected chi connectivity index (χ3v) is 4.36. The average molecular weight is 284 g/mol. The van der Waals surface area contributed by atoms with Gasteiger partial charge in [0.2, 0.25) is 5.91 Å². The minimum Gasteiger partial charge on any atom is -0.389 e. The van der Waals surface area contributed by atoms with Crippen molar-refractivity contribution in [3.8, 4) is 0 Å². The summed E-state index contributed by atoms with van der Waals surface area (Å²) in [5, 5.41) is 10.1. The molecule has 5 nitrogen and oxygen atoms in total. The molecule has 0 spiro atoms. The van der Waals surface area contributed by atoms with Gasteiger partial charge in [0.25, 0.3) is 0 Å². The fraction of sp³-hybridized carbons (Fsp3) is 0.933. The Balaban J connectivity index is 1.60. The number of hydrogen-bond donors (Lipinski definition) is 1. The van der Waals surface area contributed by atoms with E-state index in [1.54, 1.807) is 6.92 Å². The van der Waals surface area contributed by atoms with Crippen LogP contribution in [0.2, 0.25) is 0 Å². The van der Waals surface area contributed by atoms with Crippen molar-refractivity contribution in [3.63, 3.8) is 0 Å². The van der Waals surface area contributed by atoms with Crippen molar-refractivity contribution in [2.45, 2.75) is 51.2 Å². The first-order chi connectivity index (χ1) is 9.65. The molecule has 0 radical (unpaired) electrons. The lowest BCUT2D eigenvalue weighted by Gasteiger charge is -2.35. The first-order valence-corrected chi connectivity index (χ1v) is 7.92. The van der Waals surface area contributed by atoms with Gasteiger partial charge in [0, 0.05) is 39.6 Å². The third kappa shape index (κ3) is 5.04. The summed E-state index contributed by atoms with van der Waals surface area (Å²) in [6.07, 6.45) is 6.06. The minimum absolute atomic E-state index is 0.144. The highest BCUT2D eigenvalue weighted by molar-refractivity contribution is 5.73. The monoisotopic (exact) mass is 284 g/mol. The van der Waals surface area contributed by atoms with Gasteiger partial charge in [-0.05, 0) is 12.8 Å². The Kier molecular flexibility index (Phi) is 6.26. The van der Waals surface area contributed by atoms with Gasteiger partial charge >= 0.3 is 0 Å². The molecule has 2 rings (SSSR count). The number of ether oxygens (including phenoxy) is 1. The molecule has 1 saturated carbocycles. The van der Waals surface area contributed by atoms with E-state index in [0.717, 1.165) is 39.0 Å². The second-order valence-electron chi connectivity index (χ2n) is 6.05. The van der Waals surface area contributed by atoms with E-state index in [0.29, 0.717) is 19.3 Å². The Morgan fingerprint density at radius 1 is 1.20 bits per heavy atom. The van der Waals surface area contributed by atoms with Crippen LogP contribution in [0.1, 0.15) is 39.0 Å². The quantitative estimate of drug-likeness (QED) is 0.813. The topological polar surface area (TPSA) is 53.0 Å². The summed E-state index contributed by atoms with van der Waals surface area (Å²) in [5.74, 6) is 0.144. The molecule has 0 aromatic heterocycles. The van der Waals surface area contributed by atoms with Gasteiger partial charge < -0.3 is 14.7 Å². The molecule has 0 unspecified atom stereocenters. The Bertz CT molecular complexity index is 297. The van der Waals surface area contributed by atoms with Crippen molar-refractivity contribution in [1.29, 1.82) is 0 Å². The molecule has 1 atom stereocenters. The maximum Gasteiger partial charge on any atom is 0.219 e.